The smallest absolute Gasteiger partial charge is 0.234 e. The first-order chi connectivity index (χ1) is 15.6. The fourth-order valence-corrected chi connectivity index (χ4v) is 3.69. The van der Waals surface area contributed by atoms with E-state index in [4.69, 9.17) is 0 Å². The summed E-state index contributed by atoms with van der Waals surface area (Å²) in [6.45, 7) is 5.77. The number of nitrogens with one attached hydrogen (secondary N) is 3. The van der Waals surface area contributed by atoms with Crippen LogP contribution in [0.2, 0.25) is 0 Å². The van der Waals surface area contributed by atoms with E-state index in [9.17, 15) is 9.18 Å². The van der Waals surface area contributed by atoms with Gasteiger partial charge in [0.15, 0.2) is 5.96 Å². The first-order valence-corrected chi connectivity index (χ1v) is 11.3. The van der Waals surface area contributed by atoms with Crippen molar-refractivity contribution < 1.29 is 9.18 Å². The number of aromatic nitrogens is 2. The van der Waals surface area contributed by atoms with E-state index < -0.39 is 0 Å². The lowest BCUT2D eigenvalue weighted by Gasteiger charge is -2.32. The number of guanidine groups is 1. The lowest BCUT2D eigenvalue weighted by Crippen LogP contribution is -2.50. The van der Waals surface area contributed by atoms with E-state index in [1.165, 1.54) is 12.1 Å². The second-order valence-corrected chi connectivity index (χ2v) is 8.02. The Morgan fingerprint density at radius 2 is 1.88 bits per heavy atom. The molecule has 1 aliphatic rings. The fourth-order valence-electron chi connectivity index (χ4n) is 3.69. The third kappa shape index (κ3) is 8.92. The van der Waals surface area contributed by atoms with Gasteiger partial charge in [-0.15, -0.1) is 24.0 Å². The largest absolute Gasteiger partial charge is 0.356 e. The molecule has 0 radical (unpaired) electrons. The van der Waals surface area contributed by atoms with Gasteiger partial charge < -0.3 is 16.0 Å². The van der Waals surface area contributed by atoms with Gasteiger partial charge in [-0.2, -0.15) is 5.10 Å². The molecule has 182 valence electrons. The van der Waals surface area contributed by atoms with Gasteiger partial charge in [-0.25, -0.2) is 9.07 Å². The van der Waals surface area contributed by atoms with Gasteiger partial charge in [0.2, 0.25) is 5.91 Å². The predicted octanol–water partition coefficient (Wildman–Crippen LogP) is 2.33. The van der Waals surface area contributed by atoms with E-state index in [0.29, 0.717) is 19.1 Å². The maximum atomic E-state index is 13.1. The molecule has 0 aliphatic carbocycles. The van der Waals surface area contributed by atoms with Crippen LogP contribution in [0.3, 0.4) is 0 Å². The van der Waals surface area contributed by atoms with Crippen LogP contribution >= 0.6 is 24.0 Å². The topological polar surface area (TPSA) is 86.6 Å². The number of hydrogen-bond donors (Lipinski definition) is 3. The van der Waals surface area contributed by atoms with E-state index in [-0.39, 0.29) is 35.7 Å². The first-order valence-electron chi connectivity index (χ1n) is 11.3. The van der Waals surface area contributed by atoms with E-state index in [2.05, 4.69) is 37.9 Å². The summed E-state index contributed by atoms with van der Waals surface area (Å²) < 4.78 is 14.8. The second kappa shape index (κ2) is 14.1. The Morgan fingerprint density at radius 1 is 1.15 bits per heavy atom. The number of nitrogens with zero attached hydrogens (tertiary/aromatic N) is 4. The highest BCUT2D eigenvalue weighted by Gasteiger charge is 2.21. The molecule has 1 fully saturated rings. The molecule has 2 heterocycles. The van der Waals surface area contributed by atoms with Crippen LogP contribution in [-0.4, -0.2) is 72.4 Å². The summed E-state index contributed by atoms with van der Waals surface area (Å²) >= 11 is 0. The second-order valence-electron chi connectivity index (χ2n) is 8.02. The number of halogens is 2. The zero-order chi connectivity index (χ0) is 22.8. The summed E-state index contributed by atoms with van der Waals surface area (Å²) in [5, 5.41) is 14.3. The lowest BCUT2D eigenvalue weighted by atomic mass is 10.1. The van der Waals surface area contributed by atoms with Crippen molar-refractivity contribution in [1.29, 1.82) is 0 Å². The summed E-state index contributed by atoms with van der Waals surface area (Å²) in [5.41, 5.74) is 1.78. The van der Waals surface area contributed by atoms with Crippen LogP contribution in [0.4, 0.5) is 4.39 Å². The van der Waals surface area contributed by atoms with E-state index in [1.807, 2.05) is 12.3 Å². The maximum absolute atomic E-state index is 13.1. The molecule has 1 aromatic heterocycles. The molecule has 3 N–H and O–H groups in total. The number of carbonyl (C=O) groups excluding carboxylic acids is 1. The average Bonchev–Trinajstić information content (AvgIpc) is 3.27. The summed E-state index contributed by atoms with van der Waals surface area (Å²) in [5.74, 6) is 0.632. The van der Waals surface area contributed by atoms with Gasteiger partial charge in [-0.05, 0) is 49.6 Å². The molecule has 0 bridgehead atoms. The summed E-state index contributed by atoms with van der Waals surface area (Å²) in [6, 6.07) is 8.58. The molecule has 1 aromatic carbocycles. The monoisotopic (exact) mass is 571 g/mol. The van der Waals surface area contributed by atoms with Crippen molar-refractivity contribution in [2.45, 2.75) is 38.6 Å². The number of rotatable bonds is 9. The molecule has 0 spiro atoms. The number of carbonyl (C=O) groups is 1. The van der Waals surface area contributed by atoms with E-state index in [0.717, 1.165) is 62.7 Å². The van der Waals surface area contributed by atoms with Crippen LogP contribution in [0.25, 0.3) is 5.69 Å². The molecule has 0 saturated carbocycles. The van der Waals surface area contributed by atoms with Gasteiger partial charge in [0.1, 0.15) is 5.82 Å². The number of piperidine rings is 1. The van der Waals surface area contributed by atoms with Gasteiger partial charge >= 0.3 is 0 Å². The van der Waals surface area contributed by atoms with Crippen LogP contribution in [0.15, 0.2) is 41.5 Å². The number of likely N-dealkylation sites (tertiary alicyclic amines) is 1. The lowest BCUT2D eigenvalue weighted by molar-refractivity contribution is -0.122. The molecule has 8 nitrogen and oxygen atoms in total. The Hall–Kier alpha value is -2.21. The van der Waals surface area contributed by atoms with Crippen molar-refractivity contribution >= 4 is 35.8 Å². The minimum atomic E-state index is -0.257. The van der Waals surface area contributed by atoms with Gasteiger partial charge in [-0.3, -0.25) is 14.7 Å². The summed E-state index contributed by atoms with van der Waals surface area (Å²) in [4.78, 5) is 18.4. The minimum absolute atomic E-state index is 0. The maximum Gasteiger partial charge on any atom is 0.234 e. The highest BCUT2D eigenvalue weighted by atomic mass is 127. The Kier molecular flexibility index (Phi) is 11.6. The number of aliphatic imine (C=N–C) groups is 1. The molecule has 3 rings (SSSR count). The molecular formula is C23H35FIN7O. The van der Waals surface area contributed by atoms with Crippen molar-refractivity contribution in [1.82, 2.24) is 30.6 Å². The van der Waals surface area contributed by atoms with Crippen LogP contribution in [0, 0.1) is 5.82 Å². The number of benzene rings is 1. The SMILES string of the molecule is CCCNC(=O)CN1CCC(NC(=NC)NCCc2ccn(-c3ccc(F)cc3)n2)CC1.I. The average molecular weight is 571 g/mol. The number of hydrogen-bond acceptors (Lipinski definition) is 4. The molecule has 10 heteroatoms. The van der Waals surface area contributed by atoms with Crippen LogP contribution in [-0.2, 0) is 11.2 Å². The Labute approximate surface area is 212 Å². The quantitative estimate of drug-likeness (QED) is 0.245. The molecule has 33 heavy (non-hydrogen) atoms. The number of amides is 1. The van der Waals surface area contributed by atoms with Gasteiger partial charge in [0.05, 0.1) is 17.9 Å². The highest BCUT2D eigenvalue weighted by molar-refractivity contribution is 14.0. The van der Waals surface area contributed by atoms with Crippen molar-refractivity contribution in [3.63, 3.8) is 0 Å². The van der Waals surface area contributed by atoms with Crippen molar-refractivity contribution in [2.24, 2.45) is 4.99 Å². The normalized spacial score (nSPS) is 15.1. The molecular weight excluding hydrogens is 536 g/mol. The Morgan fingerprint density at radius 3 is 2.55 bits per heavy atom. The molecule has 2 aromatic rings. The highest BCUT2D eigenvalue weighted by Crippen LogP contribution is 2.10. The standard InChI is InChI=1S/C23H34FN7O.HI/c1-3-12-26-22(32)17-30-14-9-19(10-15-30)28-23(25-2)27-13-8-20-11-16-31(29-20)21-6-4-18(24)5-7-21;/h4-7,11,16,19H,3,8-10,12-15,17H2,1-2H3,(H,26,32)(H2,25,27,28);1H. The van der Waals surface area contributed by atoms with Crippen LogP contribution in [0.1, 0.15) is 31.9 Å². The van der Waals surface area contributed by atoms with Crippen LogP contribution in [0.5, 0.6) is 0 Å². The molecule has 1 saturated heterocycles. The zero-order valence-electron chi connectivity index (χ0n) is 19.4. The van der Waals surface area contributed by atoms with Crippen molar-refractivity contribution in [2.75, 3.05) is 39.8 Å². The minimum Gasteiger partial charge on any atom is -0.356 e. The molecule has 0 atom stereocenters. The van der Waals surface area contributed by atoms with Crippen molar-refractivity contribution in [3.05, 3.63) is 48.0 Å². The van der Waals surface area contributed by atoms with Gasteiger partial charge in [0, 0.05) is 51.9 Å². The van der Waals surface area contributed by atoms with Gasteiger partial charge in [-0.1, -0.05) is 6.92 Å². The summed E-state index contributed by atoms with van der Waals surface area (Å²) in [7, 11) is 1.77. The van der Waals surface area contributed by atoms with Gasteiger partial charge in [0.25, 0.3) is 0 Å². The predicted molar refractivity (Wildman–Crippen MR) is 140 cm³/mol. The Bertz CT molecular complexity index is 879. The zero-order valence-corrected chi connectivity index (χ0v) is 21.7. The fraction of sp³-hybridized carbons (Fsp3) is 0.522. The van der Waals surface area contributed by atoms with E-state index >= 15 is 0 Å². The first kappa shape index (κ1) is 27.0. The third-order valence-electron chi connectivity index (χ3n) is 5.50. The molecule has 1 aliphatic heterocycles. The Balaban J connectivity index is 0.00000385. The molecule has 1 amide bonds. The van der Waals surface area contributed by atoms with Crippen molar-refractivity contribution in [3.8, 4) is 5.69 Å². The van der Waals surface area contributed by atoms with E-state index in [1.54, 1.807) is 23.9 Å². The van der Waals surface area contributed by atoms with Crippen LogP contribution < -0.4 is 16.0 Å². The summed E-state index contributed by atoms with van der Waals surface area (Å²) in [6.07, 6.45) is 5.54. The molecule has 0 unspecified atom stereocenters. The third-order valence-corrected chi connectivity index (χ3v) is 5.50.